The van der Waals surface area contributed by atoms with Gasteiger partial charge in [-0.3, -0.25) is 4.90 Å². The number of aliphatic hydroxyl groups is 1. The first-order valence-electron chi connectivity index (χ1n) is 6.60. The molecule has 0 bridgehead atoms. The van der Waals surface area contributed by atoms with E-state index in [2.05, 4.69) is 44.5 Å². The third-order valence-corrected chi connectivity index (χ3v) is 3.98. The molecule has 2 rings (SSSR count). The van der Waals surface area contributed by atoms with Gasteiger partial charge in [-0.05, 0) is 54.6 Å². The summed E-state index contributed by atoms with van der Waals surface area (Å²) >= 11 is 2.28. The zero-order valence-electron chi connectivity index (χ0n) is 11.6. The van der Waals surface area contributed by atoms with E-state index in [1.165, 1.54) is 3.57 Å². The molecule has 1 aliphatic heterocycles. The fourth-order valence-corrected chi connectivity index (χ4v) is 3.02. The van der Waals surface area contributed by atoms with Crippen LogP contribution in [0.3, 0.4) is 0 Å². The maximum atomic E-state index is 9.85. The summed E-state index contributed by atoms with van der Waals surface area (Å²) < 4.78 is 1.17. The van der Waals surface area contributed by atoms with Crippen LogP contribution in [0.1, 0.15) is 13.8 Å². The maximum Gasteiger partial charge on any atom is 0.0718 e. The van der Waals surface area contributed by atoms with Crippen LogP contribution in [-0.2, 0) is 0 Å². The van der Waals surface area contributed by atoms with E-state index >= 15 is 0 Å². The monoisotopic (exact) mass is 375 g/mol. The Labute approximate surface area is 128 Å². The Morgan fingerprint density at radius 1 is 1.26 bits per heavy atom. The second kappa shape index (κ2) is 5.85. The molecule has 1 aromatic rings. The Morgan fingerprint density at radius 3 is 2.42 bits per heavy atom. The van der Waals surface area contributed by atoms with E-state index in [0.29, 0.717) is 0 Å². The van der Waals surface area contributed by atoms with Crippen molar-refractivity contribution in [2.24, 2.45) is 0 Å². The highest BCUT2D eigenvalue weighted by Gasteiger charge is 2.23. The van der Waals surface area contributed by atoms with E-state index in [0.717, 1.165) is 44.1 Å². The summed E-state index contributed by atoms with van der Waals surface area (Å²) in [4.78, 5) is 4.63. The van der Waals surface area contributed by atoms with Gasteiger partial charge in [0.05, 0.1) is 17.0 Å². The van der Waals surface area contributed by atoms with Crippen molar-refractivity contribution in [2.45, 2.75) is 19.4 Å². The van der Waals surface area contributed by atoms with Crippen molar-refractivity contribution < 1.29 is 5.11 Å². The van der Waals surface area contributed by atoms with Crippen LogP contribution in [0.5, 0.6) is 0 Å². The highest BCUT2D eigenvalue weighted by molar-refractivity contribution is 14.1. The van der Waals surface area contributed by atoms with Gasteiger partial charge in [0, 0.05) is 36.3 Å². The lowest BCUT2D eigenvalue weighted by molar-refractivity contribution is 0.0345. The molecular formula is C14H22IN3O. The summed E-state index contributed by atoms with van der Waals surface area (Å²) in [5.41, 5.74) is 7.45. The molecule has 1 saturated heterocycles. The average Bonchev–Trinajstić information content (AvgIpc) is 2.28. The quantitative estimate of drug-likeness (QED) is 0.625. The zero-order valence-corrected chi connectivity index (χ0v) is 13.7. The highest BCUT2D eigenvalue weighted by Crippen LogP contribution is 2.26. The van der Waals surface area contributed by atoms with Crippen LogP contribution < -0.4 is 10.6 Å². The van der Waals surface area contributed by atoms with Crippen LogP contribution in [0, 0.1) is 3.57 Å². The number of halogens is 1. The van der Waals surface area contributed by atoms with Crippen LogP contribution >= 0.6 is 22.6 Å². The fraction of sp³-hybridized carbons (Fsp3) is 0.571. The predicted octanol–water partition coefficient (Wildman–Crippen LogP) is 1.77. The van der Waals surface area contributed by atoms with E-state index in [4.69, 9.17) is 5.73 Å². The molecule has 0 spiro atoms. The smallest absolute Gasteiger partial charge is 0.0718 e. The Hall–Kier alpha value is -0.530. The van der Waals surface area contributed by atoms with Crippen LogP contribution in [0.2, 0.25) is 0 Å². The molecule has 0 unspecified atom stereocenters. The molecule has 3 N–H and O–H groups in total. The lowest BCUT2D eigenvalue weighted by atomic mass is 10.1. The summed E-state index contributed by atoms with van der Waals surface area (Å²) in [7, 11) is 0. The molecule has 4 nitrogen and oxygen atoms in total. The molecule has 0 atom stereocenters. The van der Waals surface area contributed by atoms with Crippen molar-refractivity contribution in [1.29, 1.82) is 0 Å². The van der Waals surface area contributed by atoms with Gasteiger partial charge in [-0.2, -0.15) is 0 Å². The first kappa shape index (κ1) is 14.9. The van der Waals surface area contributed by atoms with Gasteiger partial charge in [0.25, 0.3) is 0 Å². The number of nitrogen functional groups attached to an aromatic ring is 1. The summed E-state index contributed by atoms with van der Waals surface area (Å²) in [6.07, 6.45) is 0. The number of nitrogens with zero attached hydrogens (tertiary/aromatic N) is 2. The van der Waals surface area contributed by atoms with E-state index in [1.54, 1.807) is 0 Å². The van der Waals surface area contributed by atoms with Gasteiger partial charge < -0.3 is 15.7 Å². The first-order chi connectivity index (χ1) is 8.85. The predicted molar refractivity (Wildman–Crippen MR) is 88.5 cm³/mol. The molecule has 1 fully saturated rings. The number of anilines is 2. The maximum absolute atomic E-state index is 9.85. The van der Waals surface area contributed by atoms with Crippen molar-refractivity contribution in [1.82, 2.24) is 4.90 Å². The third kappa shape index (κ3) is 4.22. The molecule has 5 heteroatoms. The fourth-order valence-electron chi connectivity index (χ4n) is 2.51. The van der Waals surface area contributed by atoms with Crippen molar-refractivity contribution in [3.8, 4) is 0 Å². The molecule has 1 aromatic carbocycles. The van der Waals surface area contributed by atoms with E-state index in [-0.39, 0.29) is 0 Å². The van der Waals surface area contributed by atoms with Crippen molar-refractivity contribution >= 4 is 34.0 Å². The van der Waals surface area contributed by atoms with Gasteiger partial charge in [-0.1, -0.05) is 0 Å². The van der Waals surface area contributed by atoms with Crippen molar-refractivity contribution in [2.75, 3.05) is 43.4 Å². The number of nitrogens with two attached hydrogens (primary N) is 1. The Bertz CT molecular complexity index is 437. The van der Waals surface area contributed by atoms with Crippen LogP contribution in [0.25, 0.3) is 0 Å². The standard InChI is InChI=1S/C14H22IN3O/c1-14(2,19)10-17-5-7-18(8-6-17)13-4-3-11(15)9-12(13)16/h3-4,9,19H,5-8,10,16H2,1-2H3. The Morgan fingerprint density at radius 2 is 1.89 bits per heavy atom. The second-order valence-electron chi connectivity index (χ2n) is 5.78. The number of piperazine rings is 1. The lowest BCUT2D eigenvalue weighted by Gasteiger charge is -2.38. The van der Waals surface area contributed by atoms with Gasteiger partial charge in [0.1, 0.15) is 0 Å². The summed E-state index contributed by atoms with van der Waals surface area (Å²) in [6, 6.07) is 6.21. The molecule has 1 heterocycles. The van der Waals surface area contributed by atoms with Crippen LogP contribution in [0.4, 0.5) is 11.4 Å². The minimum atomic E-state index is -0.621. The highest BCUT2D eigenvalue weighted by atomic mass is 127. The second-order valence-corrected chi connectivity index (χ2v) is 7.02. The van der Waals surface area contributed by atoms with Gasteiger partial charge in [0.15, 0.2) is 0 Å². The summed E-state index contributed by atoms with van der Waals surface area (Å²) in [5, 5.41) is 9.85. The molecule has 19 heavy (non-hydrogen) atoms. The largest absolute Gasteiger partial charge is 0.397 e. The van der Waals surface area contributed by atoms with Gasteiger partial charge >= 0.3 is 0 Å². The minimum absolute atomic E-state index is 0.621. The molecule has 0 saturated carbocycles. The zero-order chi connectivity index (χ0) is 14.0. The normalized spacial score (nSPS) is 17.8. The lowest BCUT2D eigenvalue weighted by Crippen LogP contribution is -2.50. The minimum Gasteiger partial charge on any atom is -0.397 e. The molecular weight excluding hydrogens is 353 g/mol. The topological polar surface area (TPSA) is 52.7 Å². The van der Waals surface area contributed by atoms with Gasteiger partial charge in [-0.15, -0.1) is 0 Å². The first-order valence-corrected chi connectivity index (χ1v) is 7.68. The summed E-state index contributed by atoms with van der Waals surface area (Å²) in [6.45, 7) is 8.29. The van der Waals surface area contributed by atoms with Crippen LogP contribution in [-0.4, -0.2) is 48.3 Å². The molecule has 106 valence electrons. The van der Waals surface area contributed by atoms with E-state index in [1.807, 2.05) is 19.9 Å². The number of rotatable bonds is 3. The third-order valence-electron chi connectivity index (χ3n) is 3.31. The summed E-state index contributed by atoms with van der Waals surface area (Å²) in [5.74, 6) is 0. The number of benzene rings is 1. The van der Waals surface area contributed by atoms with Gasteiger partial charge in [0.2, 0.25) is 0 Å². The Balaban J connectivity index is 1.96. The van der Waals surface area contributed by atoms with E-state index < -0.39 is 5.60 Å². The molecule has 1 aliphatic rings. The van der Waals surface area contributed by atoms with Crippen molar-refractivity contribution in [3.63, 3.8) is 0 Å². The molecule has 0 aromatic heterocycles. The molecule has 0 aliphatic carbocycles. The SMILES string of the molecule is CC(C)(O)CN1CCN(c2ccc(I)cc2N)CC1. The van der Waals surface area contributed by atoms with Crippen molar-refractivity contribution in [3.05, 3.63) is 21.8 Å². The van der Waals surface area contributed by atoms with Crippen LogP contribution in [0.15, 0.2) is 18.2 Å². The Kier molecular flexibility index (Phi) is 4.58. The number of hydrogen-bond acceptors (Lipinski definition) is 4. The van der Waals surface area contributed by atoms with E-state index in [9.17, 15) is 5.11 Å². The molecule has 0 amide bonds. The number of β-amino-alcohol motifs (C(OH)–C–C–N with tert-alkyl or cyclic N) is 1. The number of hydrogen-bond donors (Lipinski definition) is 2. The molecule has 0 radical (unpaired) electrons. The average molecular weight is 375 g/mol. The van der Waals surface area contributed by atoms with Gasteiger partial charge in [-0.25, -0.2) is 0 Å².